The third-order valence-electron chi connectivity index (χ3n) is 1.76. The summed E-state index contributed by atoms with van der Waals surface area (Å²) < 4.78 is 33.6. The van der Waals surface area contributed by atoms with Gasteiger partial charge in [-0.2, -0.15) is 8.42 Å². The maximum atomic E-state index is 12.5. The number of halogens is 1. The van der Waals surface area contributed by atoms with Crippen LogP contribution in [0.5, 0.6) is 0 Å². The lowest BCUT2D eigenvalue weighted by Gasteiger charge is -1.99. The number of hydrogen-bond acceptors (Lipinski definition) is 3. The van der Waals surface area contributed by atoms with Crippen LogP contribution in [0.1, 0.15) is 23.7 Å². The van der Waals surface area contributed by atoms with E-state index in [1.165, 1.54) is 12.1 Å². The smallest absolute Gasteiger partial charge is 0.294 e. The fourth-order valence-corrected chi connectivity index (χ4v) is 1.53. The minimum absolute atomic E-state index is 0.212. The molecule has 14 heavy (non-hydrogen) atoms. The maximum absolute atomic E-state index is 12.5. The Kier molecular flexibility index (Phi) is 3.00. The summed E-state index contributed by atoms with van der Waals surface area (Å²) in [7, 11) is -4.72. The van der Waals surface area contributed by atoms with E-state index in [9.17, 15) is 17.1 Å². The Morgan fingerprint density at radius 3 is 2.57 bits per heavy atom. The first kappa shape index (κ1) is 10.8. The molecule has 0 saturated heterocycles. The Bertz CT molecular complexity index is 451. The van der Waals surface area contributed by atoms with Crippen LogP contribution in [0, 0.1) is 0 Å². The molecule has 76 valence electrons. The summed E-state index contributed by atoms with van der Waals surface area (Å²) in [6.07, 6.45) is 0.260. The number of benzene rings is 1. The van der Waals surface area contributed by atoms with E-state index in [0.29, 0.717) is 0 Å². The van der Waals surface area contributed by atoms with Crippen molar-refractivity contribution in [1.29, 1.82) is 0 Å². The summed E-state index contributed by atoms with van der Waals surface area (Å²) in [5, 5.41) is 0. The largest absolute Gasteiger partial charge is 0.332 e. The van der Waals surface area contributed by atoms with Crippen LogP contribution in [0.25, 0.3) is 0 Å². The van der Waals surface area contributed by atoms with E-state index in [1.807, 2.05) is 0 Å². The Morgan fingerprint density at radius 2 is 2.07 bits per heavy atom. The number of Topliss-reactive ketones (excluding diaryl/α,β-unsaturated/α-hetero) is 1. The summed E-state index contributed by atoms with van der Waals surface area (Å²) >= 11 is 0. The fourth-order valence-electron chi connectivity index (χ4n) is 1.03. The van der Waals surface area contributed by atoms with Crippen LogP contribution >= 0.6 is 0 Å². The minimum Gasteiger partial charge on any atom is -0.294 e. The van der Waals surface area contributed by atoms with Gasteiger partial charge in [0, 0.05) is 12.0 Å². The molecule has 0 fully saturated rings. The highest BCUT2D eigenvalue weighted by Crippen LogP contribution is 2.14. The van der Waals surface area contributed by atoms with Gasteiger partial charge in [0.1, 0.15) is 0 Å². The molecule has 0 amide bonds. The average Bonchev–Trinajstić information content (AvgIpc) is 2.15. The van der Waals surface area contributed by atoms with Gasteiger partial charge in [-0.25, -0.2) is 0 Å². The molecule has 1 rings (SSSR count). The number of hydrogen-bond donors (Lipinski definition) is 0. The molecular formula is C9H9FO3S. The van der Waals surface area contributed by atoms with Gasteiger partial charge in [-0.15, -0.1) is 3.89 Å². The van der Waals surface area contributed by atoms with Gasteiger partial charge < -0.3 is 0 Å². The van der Waals surface area contributed by atoms with E-state index in [-0.39, 0.29) is 17.8 Å². The molecule has 0 saturated carbocycles. The van der Waals surface area contributed by atoms with Gasteiger partial charge in [-0.3, -0.25) is 4.79 Å². The van der Waals surface area contributed by atoms with Crippen molar-refractivity contribution in [3.63, 3.8) is 0 Å². The average molecular weight is 216 g/mol. The van der Waals surface area contributed by atoms with Gasteiger partial charge in [0.05, 0.1) is 4.90 Å². The summed E-state index contributed by atoms with van der Waals surface area (Å²) in [5.74, 6) is -0.212. The predicted octanol–water partition coefficient (Wildman–Crippen LogP) is 1.94. The van der Waals surface area contributed by atoms with Crippen LogP contribution in [0.15, 0.2) is 29.2 Å². The summed E-state index contributed by atoms with van der Waals surface area (Å²) in [6, 6.07) is 4.96. The second kappa shape index (κ2) is 3.88. The van der Waals surface area contributed by atoms with Crippen LogP contribution in [0.2, 0.25) is 0 Å². The molecule has 0 aromatic heterocycles. The monoisotopic (exact) mass is 216 g/mol. The molecule has 0 atom stereocenters. The van der Waals surface area contributed by atoms with Crippen LogP contribution in [0.4, 0.5) is 3.89 Å². The molecule has 0 aliphatic heterocycles. The van der Waals surface area contributed by atoms with Crippen LogP contribution in [-0.2, 0) is 10.2 Å². The van der Waals surface area contributed by atoms with Crippen molar-refractivity contribution in [2.24, 2.45) is 0 Å². The van der Waals surface area contributed by atoms with Gasteiger partial charge in [-0.1, -0.05) is 19.1 Å². The zero-order chi connectivity index (χ0) is 10.8. The van der Waals surface area contributed by atoms with Gasteiger partial charge >= 0.3 is 10.2 Å². The summed E-state index contributed by atoms with van der Waals surface area (Å²) in [4.78, 5) is 10.7. The Hall–Kier alpha value is -1.23. The first-order valence-corrected chi connectivity index (χ1v) is 5.41. The van der Waals surface area contributed by atoms with Crippen molar-refractivity contribution in [3.8, 4) is 0 Å². The lowest BCUT2D eigenvalue weighted by atomic mass is 10.1. The maximum Gasteiger partial charge on any atom is 0.332 e. The lowest BCUT2D eigenvalue weighted by Crippen LogP contribution is -1.99. The molecule has 0 spiro atoms. The molecule has 0 unspecified atom stereocenters. The van der Waals surface area contributed by atoms with Crippen LogP contribution < -0.4 is 0 Å². The molecular weight excluding hydrogens is 207 g/mol. The van der Waals surface area contributed by atoms with Crippen LogP contribution in [-0.4, -0.2) is 14.2 Å². The SMILES string of the molecule is CCC(=O)c1cccc(S(=O)(=O)F)c1. The summed E-state index contributed by atoms with van der Waals surface area (Å²) in [6.45, 7) is 1.65. The van der Waals surface area contributed by atoms with Gasteiger partial charge in [0.2, 0.25) is 0 Å². The van der Waals surface area contributed by atoms with E-state index >= 15 is 0 Å². The number of ketones is 1. The van der Waals surface area contributed by atoms with Gasteiger partial charge in [0.25, 0.3) is 0 Å². The number of carbonyl (C=O) groups excluding carboxylic acids is 1. The molecule has 1 aromatic rings. The van der Waals surface area contributed by atoms with E-state index in [2.05, 4.69) is 0 Å². The van der Waals surface area contributed by atoms with E-state index in [4.69, 9.17) is 0 Å². The third-order valence-corrected chi connectivity index (χ3v) is 2.58. The van der Waals surface area contributed by atoms with E-state index in [0.717, 1.165) is 12.1 Å². The Balaban J connectivity index is 3.21. The molecule has 0 N–H and O–H groups in total. The van der Waals surface area contributed by atoms with Crippen LogP contribution in [0.3, 0.4) is 0 Å². The number of rotatable bonds is 3. The third kappa shape index (κ3) is 2.38. The van der Waals surface area contributed by atoms with Crippen molar-refractivity contribution in [2.45, 2.75) is 18.2 Å². The second-order valence-electron chi connectivity index (χ2n) is 2.74. The van der Waals surface area contributed by atoms with Gasteiger partial charge in [0.15, 0.2) is 5.78 Å². The van der Waals surface area contributed by atoms with Crippen molar-refractivity contribution < 1.29 is 17.1 Å². The molecule has 0 aliphatic rings. The minimum atomic E-state index is -4.72. The zero-order valence-corrected chi connectivity index (χ0v) is 8.34. The fraction of sp³-hybridized carbons (Fsp3) is 0.222. The Morgan fingerprint density at radius 1 is 1.43 bits per heavy atom. The quantitative estimate of drug-likeness (QED) is 0.573. The standard InChI is InChI=1S/C9H9FO3S/c1-2-9(11)7-4-3-5-8(6-7)14(10,12)13/h3-6H,2H2,1H3. The van der Waals surface area contributed by atoms with Crippen molar-refractivity contribution in [1.82, 2.24) is 0 Å². The van der Waals surface area contributed by atoms with Crippen molar-refractivity contribution >= 4 is 16.0 Å². The Labute approximate surface area is 81.8 Å². The molecule has 0 bridgehead atoms. The summed E-state index contributed by atoms with van der Waals surface area (Å²) in [5.41, 5.74) is 0.214. The normalized spacial score (nSPS) is 11.3. The molecule has 0 aliphatic carbocycles. The molecule has 5 heteroatoms. The molecule has 0 heterocycles. The van der Waals surface area contributed by atoms with E-state index < -0.39 is 15.1 Å². The topological polar surface area (TPSA) is 51.2 Å². The predicted molar refractivity (Wildman–Crippen MR) is 49.4 cm³/mol. The van der Waals surface area contributed by atoms with Gasteiger partial charge in [-0.05, 0) is 12.1 Å². The zero-order valence-electron chi connectivity index (χ0n) is 7.53. The highest BCUT2D eigenvalue weighted by molar-refractivity contribution is 7.86. The highest BCUT2D eigenvalue weighted by Gasteiger charge is 2.13. The lowest BCUT2D eigenvalue weighted by molar-refractivity contribution is 0.0988. The second-order valence-corrected chi connectivity index (χ2v) is 4.09. The number of carbonyl (C=O) groups is 1. The molecule has 1 aromatic carbocycles. The first-order valence-electron chi connectivity index (χ1n) is 4.03. The van der Waals surface area contributed by atoms with E-state index in [1.54, 1.807) is 6.92 Å². The van der Waals surface area contributed by atoms with Crippen molar-refractivity contribution in [3.05, 3.63) is 29.8 Å². The highest BCUT2D eigenvalue weighted by atomic mass is 32.3. The first-order chi connectivity index (χ1) is 6.45. The van der Waals surface area contributed by atoms with Crippen molar-refractivity contribution in [2.75, 3.05) is 0 Å². The molecule has 3 nitrogen and oxygen atoms in total. The molecule has 0 radical (unpaired) electrons.